The van der Waals surface area contributed by atoms with E-state index in [1.807, 2.05) is 24.3 Å². The topological polar surface area (TPSA) is 101 Å². The maximum Gasteiger partial charge on any atom is 0.269 e. The van der Waals surface area contributed by atoms with Crippen LogP contribution < -0.4 is 10.0 Å². The summed E-state index contributed by atoms with van der Waals surface area (Å²) < 4.78 is 26.9. The fourth-order valence-corrected chi connectivity index (χ4v) is 4.05. The summed E-state index contributed by atoms with van der Waals surface area (Å²) in [7, 11) is -3.39. The van der Waals surface area contributed by atoms with E-state index < -0.39 is 14.9 Å². The highest BCUT2D eigenvalue weighted by atomic mass is 32.2. The zero-order valence-electron chi connectivity index (χ0n) is 14.8. The van der Waals surface area contributed by atoms with Crippen molar-refractivity contribution in [2.45, 2.75) is 38.7 Å². The van der Waals surface area contributed by atoms with Gasteiger partial charge in [-0.2, -0.15) is 0 Å². The number of non-ortho nitro benzene ring substituents is 1. The standard InChI is InChI=1S/C18H23N3O4S/c1-14(2)20-26(24,25)13-17-6-4-3-5-16(17)12-19-11-15-7-9-18(10-8-15)21(22)23/h3-10,14,19-20H,11-13H2,1-2H3. The summed E-state index contributed by atoms with van der Waals surface area (Å²) in [5.41, 5.74) is 2.63. The van der Waals surface area contributed by atoms with Gasteiger partial charge in [-0.1, -0.05) is 36.4 Å². The Kier molecular flexibility index (Phi) is 6.84. The third-order valence-corrected chi connectivity index (χ3v) is 5.19. The Morgan fingerprint density at radius 3 is 2.19 bits per heavy atom. The normalized spacial score (nSPS) is 11.7. The average Bonchev–Trinajstić information content (AvgIpc) is 2.55. The SMILES string of the molecule is CC(C)NS(=O)(=O)Cc1ccccc1CNCc1ccc([N+](=O)[O-])cc1. The van der Waals surface area contributed by atoms with Gasteiger partial charge in [0.2, 0.25) is 10.0 Å². The van der Waals surface area contributed by atoms with Gasteiger partial charge in [0.05, 0.1) is 10.7 Å². The highest BCUT2D eigenvalue weighted by molar-refractivity contribution is 7.88. The van der Waals surface area contributed by atoms with Crippen molar-refractivity contribution in [2.75, 3.05) is 0 Å². The van der Waals surface area contributed by atoms with Gasteiger partial charge in [-0.05, 0) is 30.5 Å². The molecule has 2 aromatic rings. The Hall–Kier alpha value is -2.29. The third kappa shape index (κ3) is 6.21. The molecule has 0 spiro atoms. The maximum atomic E-state index is 12.2. The summed E-state index contributed by atoms with van der Waals surface area (Å²) in [6.45, 7) is 4.61. The van der Waals surface area contributed by atoms with Crippen molar-refractivity contribution in [2.24, 2.45) is 0 Å². The summed E-state index contributed by atoms with van der Waals surface area (Å²) >= 11 is 0. The molecule has 0 amide bonds. The molecular weight excluding hydrogens is 354 g/mol. The fourth-order valence-electron chi connectivity index (χ4n) is 2.55. The second-order valence-electron chi connectivity index (χ2n) is 6.33. The van der Waals surface area contributed by atoms with Crippen LogP contribution in [0.2, 0.25) is 0 Å². The molecule has 0 aliphatic rings. The van der Waals surface area contributed by atoms with Crippen molar-refractivity contribution < 1.29 is 13.3 Å². The number of nitrogens with zero attached hydrogens (tertiary/aromatic N) is 1. The summed E-state index contributed by atoms with van der Waals surface area (Å²) in [4.78, 5) is 10.2. The van der Waals surface area contributed by atoms with E-state index in [1.54, 1.807) is 26.0 Å². The van der Waals surface area contributed by atoms with Gasteiger partial charge in [-0.25, -0.2) is 13.1 Å². The monoisotopic (exact) mass is 377 g/mol. The first kappa shape index (κ1) is 20.0. The minimum absolute atomic E-state index is 0.0574. The Morgan fingerprint density at radius 1 is 1.00 bits per heavy atom. The lowest BCUT2D eigenvalue weighted by molar-refractivity contribution is -0.384. The number of sulfonamides is 1. The average molecular weight is 377 g/mol. The second kappa shape index (κ2) is 8.88. The number of nitro groups is 1. The molecule has 0 unspecified atom stereocenters. The van der Waals surface area contributed by atoms with Crippen LogP contribution in [0.3, 0.4) is 0 Å². The number of hydrogen-bond acceptors (Lipinski definition) is 5. The smallest absolute Gasteiger partial charge is 0.269 e. The molecule has 2 N–H and O–H groups in total. The first-order valence-corrected chi connectivity index (χ1v) is 9.93. The zero-order valence-corrected chi connectivity index (χ0v) is 15.6. The fraction of sp³-hybridized carbons (Fsp3) is 0.333. The highest BCUT2D eigenvalue weighted by Gasteiger charge is 2.15. The first-order valence-electron chi connectivity index (χ1n) is 8.27. The zero-order chi connectivity index (χ0) is 19.2. The van der Waals surface area contributed by atoms with E-state index in [-0.39, 0.29) is 17.5 Å². The molecule has 0 saturated heterocycles. The first-order chi connectivity index (χ1) is 12.3. The molecule has 0 saturated carbocycles. The minimum atomic E-state index is -3.39. The molecule has 0 heterocycles. The molecule has 0 aliphatic heterocycles. The molecule has 0 bridgehead atoms. The Morgan fingerprint density at radius 2 is 1.62 bits per heavy atom. The van der Waals surface area contributed by atoms with Crippen LogP contribution in [-0.2, 0) is 28.9 Å². The van der Waals surface area contributed by atoms with Crippen LogP contribution in [0.4, 0.5) is 5.69 Å². The molecule has 0 atom stereocenters. The van der Waals surface area contributed by atoms with Crippen molar-refractivity contribution in [3.8, 4) is 0 Å². The van der Waals surface area contributed by atoms with Crippen molar-refractivity contribution in [3.63, 3.8) is 0 Å². The van der Waals surface area contributed by atoms with Crippen molar-refractivity contribution in [1.82, 2.24) is 10.0 Å². The van der Waals surface area contributed by atoms with Crippen LogP contribution in [-0.4, -0.2) is 19.4 Å². The van der Waals surface area contributed by atoms with Gasteiger partial charge in [0.1, 0.15) is 0 Å². The molecule has 2 aromatic carbocycles. The molecule has 140 valence electrons. The third-order valence-electron chi connectivity index (χ3n) is 3.67. The second-order valence-corrected chi connectivity index (χ2v) is 8.08. The van der Waals surface area contributed by atoms with Gasteiger partial charge in [0.25, 0.3) is 5.69 Å². The van der Waals surface area contributed by atoms with Crippen LogP contribution >= 0.6 is 0 Å². The molecular formula is C18H23N3O4S. The predicted molar refractivity (Wildman–Crippen MR) is 101 cm³/mol. The Bertz CT molecular complexity index is 849. The quantitative estimate of drug-likeness (QED) is 0.517. The minimum Gasteiger partial charge on any atom is -0.309 e. The van der Waals surface area contributed by atoms with E-state index in [1.165, 1.54) is 12.1 Å². The van der Waals surface area contributed by atoms with Gasteiger partial charge in [0.15, 0.2) is 0 Å². The van der Waals surface area contributed by atoms with Crippen molar-refractivity contribution in [3.05, 3.63) is 75.3 Å². The molecule has 0 aromatic heterocycles. The van der Waals surface area contributed by atoms with Gasteiger partial charge in [-0.15, -0.1) is 0 Å². The van der Waals surface area contributed by atoms with Crippen LogP contribution in [0.5, 0.6) is 0 Å². The van der Waals surface area contributed by atoms with Gasteiger partial charge in [-0.3, -0.25) is 10.1 Å². The van der Waals surface area contributed by atoms with Gasteiger partial charge < -0.3 is 5.32 Å². The number of nitro benzene ring substituents is 1. The lowest BCUT2D eigenvalue weighted by Gasteiger charge is -2.13. The summed E-state index contributed by atoms with van der Waals surface area (Å²) in [6.07, 6.45) is 0. The number of nitrogens with one attached hydrogen (secondary N) is 2. The molecule has 7 nitrogen and oxygen atoms in total. The molecule has 0 aliphatic carbocycles. The van der Waals surface area contributed by atoms with Crippen molar-refractivity contribution in [1.29, 1.82) is 0 Å². The van der Waals surface area contributed by atoms with Crippen LogP contribution in [0, 0.1) is 10.1 Å². The molecule has 26 heavy (non-hydrogen) atoms. The molecule has 0 fully saturated rings. The van der Waals surface area contributed by atoms with Gasteiger partial charge >= 0.3 is 0 Å². The van der Waals surface area contributed by atoms with E-state index in [2.05, 4.69) is 10.0 Å². The maximum absolute atomic E-state index is 12.2. The highest BCUT2D eigenvalue weighted by Crippen LogP contribution is 2.14. The summed E-state index contributed by atoms with van der Waals surface area (Å²) in [5.74, 6) is -0.0689. The molecule has 8 heteroatoms. The predicted octanol–water partition coefficient (Wildman–Crippen LogP) is 2.71. The van der Waals surface area contributed by atoms with E-state index in [0.29, 0.717) is 13.1 Å². The van der Waals surface area contributed by atoms with E-state index in [0.717, 1.165) is 16.7 Å². The molecule has 2 rings (SSSR count). The number of hydrogen-bond donors (Lipinski definition) is 2. The Labute approximate surface area is 153 Å². The van der Waals surface area contributed by atoms with Crippen LogP contribution in [0.15, 0.2) is 48.5 Å². The summed E-state index contributed by atoms with van der Waals surface area (Å²) in [6, 6.07) is 13.6. The Balaban J connectivity index is 1.98. The number of rotatable bonds is 9. The summed E-state index contributed by atoms with van der Waals surface area (Å²) in [5, 5.41) is 13.9. The van der Waals surface area contributed by atoms with E-state index in [9.17, 15) is 18.5 Å². The lowest BCUT2D eigenvalue weighted by Crippen LogP contribution is -2.31. The van der Waals surface area contributed by atoms with Crippen LogP contribution in [0.25, 0.3) is 0 Å². The van der Waals surface area contributed by atoms with Crippen molar-refractivity contribution >= 4 is 15.7 Å². The largest absolute Gasteiger partial charge is 0.309 e. The lowest BCUT2D eigenvalue weighted by atomic mass is 10.1. The van der Waals surface area contributed by atoms with Crippen LogP contribution in [0.1, 0.15) is 30.5 Å². The van der Waals surface area contributed by atoms with E-state index in [4.69, 9.17) is 0 Å². The van der Waals surface area contributed by atoms with Gasteiger partial charge in [0, 0.05) is 31.3 Å². The van der Waals surface area contributed by atoms with E-state index >= 15 is 0 Å². The molecule has 0 radical (unpaired) electrons. The number of benzene rings is 2.